The second-order valence-corrected chi connectivity index (χ2v) is 9.34. The van der Waals surface area contributed by atoms with Crippen molar-refractivity contribution in [1.82, 2.24) is 16.0 Å². The fraction of sp³-hybridized carbons (Fsp3) is 0.407. The molecule has 2 aromatic carbocycles. The molecule has 5 atom stereocenters. The molecule has 3 amide bonds. The average Bonchev–Trinajstić information content (AvgIpc) is 2.86. The number of carbonyl (C=O) groups is 4. The molecule has 0 fully saturated rings. The number of carboxylic acid groups (broad SMARTS) is 1. The number of aliphatic hydroxyl groups is 1. The molecule has 5 unspecified atom stereocenters. The van der Waals surface area contributed by atoms with Crippen LogP contribution in [-0.2, 0) is 32.0 Å². The van der Waals surface area contributed by atoms with E-state index < -0.39 is 54.0 Å². The lowest BCUT2D eigenvalue weighted by atomic mass is 10.0. The SMILES string of the molecule is CC(C)C(N)C(=O)NC(Cc1ccccc1)C(=O)NC(Cc1ccccc1)C(=O)NC(C(=O)O)C(C)O. The fourth-order valence-corrected chi connectivity index (χ4v) is 3.60. The van der Waals surface area contributed by atoms with E-state index in [1.54, 1.807) is 56.3 Å². The molecule has 2 aromatic rings. The van der Waals surface area contributed by atoms with Gasteiger partial charge in [0.25, 0.3) is 0 Å². The van der Waals surface area contributed by atoms with Crippen molar-refractivity contribution in [3.63, 3.8) is 0 Å². The molecule has 10 nitrogen and oxygen atoms in total. The molecule has 0 saturated carbocycles. The Balaban J connectivity index is 2.31. The third kappa shape index (κ3) is 9.32. The summed E-state index contributed by atoms with van der Waals surface area (Å²) in [6, 6.07) is 13.3. The van der Waals surface area contributed by atoms with Crippen molar-refractivity contribution in [1.29, 1.82) is 0 Å². The van der Waals surface area contributed by atoms with Gasteiger partial charge in [0.15, 0.2) is 6.04 Å². The molecular formula is C27H36N4O6. The summed E-state index contributed by atoms with van der Waals surface area (Å²) in [5, 5.41) is 26.8. The van der Waals surface area contributed by atoms with Crippen LogP contribution in [-0.4, -0.2) is 64.2 Å². The Hall–Kier alpha value is -3.76. The van der Waals surface area contributed by atoms with E-state index in [-0.39, 0.29) is 18.8 Å². The number of benzene rings is 2. The first-order chi connectivity index (χ1) is 17.5. The predicted octanol–water partition coefficient (Wildman–Crippen LogP) is 0.375. The highest BCUT2D eigenvalue weighted by molar-refractivity contribution is 5.94. The maximum Gasteiger partial charge on any atom is 0.328 e. The van der Waals surface area contributed by atoms with Gasteiger partial charge in [0.2, 0.25) is 17.7 Å². The molecule has 2 rings (SSSR count). The van der Waals surface area contributed by atoms with Crippen LogP contribution in [0.1, 0.15) is 31.9 Å². The van der Waals surface area contributed by atoms with Gasteiger partial charge in [-0.15, -0.1) is 0 Å². The highest BCUT2D eigenvalue weighted by Crippen LogP contribution is 2.09. The molecule has 200 valence electrons. The molecule has 0 aliphatic heterocycles. The van der Waals surface area contributed by atoms with Crippen molar-refractivity contribution in [3.05, 3.63) is 71.8 Å². The number of nitrogens with one attached hydrogen (secondary N) is 3. The quantitative estimate of drug-likeness (QED) is 0.225. The van der Waals surface area contributed by atoms with Crippen LogP contribution >= 0.6 is 0 Å². The molecule has 0 saturated heterocycles. The summed E-state index contributed by atoms with van der Waals surface area (Å²) >= 11 is 0. The van der Waals surface area contributed by atoms with Crippen LogP contribution in [0.5, 0.6) is 0 Å². The lowest BCUT2D eigenvalue weighted by Gasteiger charge is -2.26. The summed E-state index contributed by atoms with van der Waals surface area (Å²) < 4.78 is 0. The van der Waals surface area contributed by atoms with Crippen LogP contribution in [0.25, 0.3) is 0 Å². The highest BCUT2D eigenvalue weighted by atomic mass is 16.4. The summed E-state index contributed by atoms with van der Waals surface area (Å²) in [5.74, 6) is -3.49. The normalized spacial score (nSPS) is 15.1. The first-order valence-electron chi connectivity index (χ1n) is 12.1. The van der Waals surface area contributed by atoms with E-state index >= 15 is 0 Å². The van der Waals surface area contributed by atoms with Crippen LogP contribution in [0.15, 0.2) is 60.7 Å². The minimum Gasteiger partial charge on any atom is -0.480 e. The maximum absolute atomic E-state index is 13.4. The first-order valence-corrected chi connectivity index (χ1v) is 12.1. The second-order valence-electron chi connectivity index (χ2n) is 9.34. The molecule has 0 radical (unpaired) electrons. The topological polar surface area (TPSA) is 171 Å². The number of hydrogen-bond donors (Lipinski definition) is 6. The Morgan fingerprint density at radius 1 is 0.730 bits per heavy atom. The number of aliphatic hydroxyl groups excluding tert-OH is 1. The summed E-state index contributed by atoms with van der Waals surface area (Å²) in [6.45, 7) is 4.82. The number of rotatable bonds is 13. The number of carbonyl (C=O) groups excluding carboxylic acids is 3. The van der Waals surface area contributed by atoms with Crippen LogP contribution in [0.4, 0.5) is 0 Å². The van der Waals surface area contributed by atoms with E-state index in [4.69, 9.17) is 5.73 Å². The average molecular weight is 513 g/mol. The number of carboxylic acids is 1. The smallest absolute Gasteiger partial charge is 0.328 e. The van der Waals surface area contributed by atoms with Crippen LogP contribution < -0.4 is 21.7 Å². The van der Waals surface area contributed by atoms with Crippen molar-refractivity contribution in [3.8, 4) is 0 Å². The van der Waals surface area contributed by atoms with Gasteiger partial charge in [0.05, 0.1) is 12.1 Å². The van der Waals surface area contributed by atoms with Gasteiger partial charge >= 0.3 is 5.97 Å². The summed E-state index contributed by atoms with van der Waals surface area (Å²) in [6.07, 6.45) is -1.16. The Kier molecular flexibility index (Phi) is 11.2. The fourth-order valence-electron chi connectivity index (χ4n) is 3.60. The molecule has 0 heterocycles. The minimum absolute atomic E-state index is 0.0576. The molecule has 7 N–H and O–H groups in total. The molecule has 10 heteroatoms. The van der Waals surface area contributed by atoms with Gasteiger partial charge in [-0.1, -0.05) is 74.5 Å². The summed E-state index contributed by atoms with van der Waals surface area (Å²) in [5.41, 5.74) is 7.48. The highest BCUT2D eigenvalue weighted by Gasteiger charge is 2.32. The van der Waals surface area contributed by atoms with Crippen LogP contribution in [0, 0.1) is 5.92 Å². The van der Waals surface area contributed by atoms with Gasteiger partial charge in [-0.25, -0.2) is 4.79 Å². The van der Waals surface area contributed by atoms with Crippen LogP contribution in [0.2, 0.25) is 0 Å². The number of hydrogen-bond acceptors (Lipinski definition) is 6. The molecule has 0 aliphatic rings. The van der Waals surface area contributed by atoms with Gasteiger partial charge in [-0.2, -0.15) is 0 Å². The van der Waals surface area contributed by atoms with Crippen molar-refractivity contribution in [2.75, 3.05) is 0 Å². The molecule has 37 heavy (non-hydrogen) atoms. The Bertz CT molecular complexity index is 1050. The Morgan fingerprint density at radius 2 is 1.14 bits per heavy atom. The van der Waals surface area contributed by atoms with E-state index in [0.717, 1.165) is 11.1 Å². The van der Waals surface area contributed by atoms with Crippen molar-refractivity contribution >= 4 is 23.7 Å². The van der Waals surface area contributed by atoms with E-state index in [2.05, 4.69) is 16.0 Å². The van der Waals surface area contributed by atoms with Gasteiger partial charge < -0.3 is 31.9 Å². The zero-order chi connectivity index (χ0) is 27.5. The number of aliphatic carboxylic acids is 1. The first kappa shape index (κ1) is 29.5. The zero-order valence-electron chi connectivity index (χ0n) is 21.3. The third-order valence-electron chi connectivity index (χ3n) is 5.90. The van der Waals surface area contributed by atoms with Gasteiger partial charge in [-0.05, 0) is 24.0 Å². The number of nitrogens with two attached hydrogens (primary N) is 1. The van der Waals surface area contributed by atoms with Crippen molar-refractivity contribution < 1.29 is 29.4 Å². The molecular weight excluding hydrogens is 476 g/mol. The molecule has 0 aliphatic carbocycles. The standard InChI is InChI=1S/C27H36N4O6/c1-16(2)22(28)26(35)30-20(14-18-10-6-4-7-11-18)24(33)29-21(15-19-12-8-5-9-13-19)25(34)31-23(17(3)32)27(36)37/h4-13,16-17,20-23,32H,14-15,28H2,1-3H3,(H,29,33)(H,30,35)(H,31,34)(H,36,37). The second kappa shape index (κ2) is 14.1. The van der Waals surface area contributed by atoms with Crippen LogP contribution in [0.3, 0.4) is 0 Å². The monoisotopic (exact) mass is 512 g/mol. The minimum atomic E-state index is -1.56. The third-order valence-corrected chi connectivity index (χ3v) is 5.90. The summed E-state index contributed by atoms with van der Waals surface area (Å²) in [7, 11) is 0. The molecule has 0 bridgehead atoms. The zero-order valence-corrected chi connectivity index (χ0v) is 21.3. The van der Waals surface area contributed by atoms with Gasteiger partial charge in [-0.3, -0.25) is 14.4 Å². The molecule has 0 aromatic heterocycles. The molecule has 0 spiro atoms. The largest absolute Gasteiger partial charge is 0.480 e. The van der Waals surface area contributed by atoms with E-state index in [1.807, 2.05) is 18.2 Å². The van der Waals surface area contributed by atoms with Gasteiger partial charge in [0.1, 0.15) is 12.1 Å². The van der Waals surface area contributed by atoms with E-state index in [9.17, 15) is 29.4 Å². The van der Waals surface area contributed by atoms with Gasteiger partial charge in [0, 0.05) is 12.8 Å². The Morgan fingerprint density at radius 3 is 1.51 bits per heavy atom. The van der Waals surface area contributed by atoms with Crippen molar-refractivity contribution in [2.24, 2.45) is 11.7 Å². The van der Waals surface area contributed by atoms with E-state index in [1.165, 1.54) is 6.92 Å². The van der Waals surface area contributed by atoms with E-state index in [0.29, 0.717) is 0 Å². The summed E-state index contributed by atoms with van der Waals surface area (Å²) in [4.78, 5) is 50.7. The predicted molar refractivity (Wildman–Crippen MR) is 138 cm³/mol. The Labute approximate surface area is 216 Å². The van der Waals surface area contributed by atoms with Crippen molar-refractivity contribution in [2.45, 2.75) is 63.9 Å². The lowest BCUT2D eigenvalue weighted by Crippen LogP contribution is -2.59. The lowest BCUT2D eigenvalue weighted by molar-refractivity contribution is -0.145. The maximum atomic E-state index is 13.4. The number of amides is 3.